The van der Waals surface area contributed by atoms with Gasteiger partial charge in [-0.2, -0.15) is 5.10 Å². The highest BCUT2D eigenvalue weighted by atomic mass is 28.4. The molecule has 0 atom stereocenters. The van der Waals surface area contributed by atoms with Gasteiger partial charge in [-0.3, -0.25) is 4.35 Å². The van der Waals surface area contributed by atoms with E-state index in [4.69, 9.17) is 5.10 Å². The van der Waals surface area contributed by atoms with Crippen LogP contribution >= 0.6 is 0 Å². The highest BCUT2D eigenvalue weighted by Gasteiger charge is 2.50. The maximum Gasteiger partial charge on any atom is 0.245 e. The van der Waals surface area contributed by atoms with Gasteiger partial charge in [0.1, 0.15) is 8.24 Å². The van der Waals surface area contributed by atoms with Crippen molar-refractivity contribution in [3.63, 3.8) is 0 Å². The van der Waals surface area contributed by atoms with Crippen molar-refractivity contribution in [2.24, 2.45) is 0 Å². The summed E-state index contributed by atoms with van der Waals surface area (Å²) in [6.07, 6.45) is 4.44. The van der Waals surface area contributed by atoms with Crippen LogP contribution in [0.5, 0.6) is 0 Å². The molecule has 1 heterocycles. The number of aromatic nitrogens is 2. The summed E-state index contributed by atoms with van der Waals surface area (Å²) < 4.78 is 5.08. The van der Waals surface area contributed by atoms with Crippen LogP contribution in [0.4, 0.5) is 5.69 Å². The Morgan fingerprint density at radius 1 is 0.606 bits per heavy atom. The number of benzene rings is 3. The topological polar surface area (TPSA) is 21.1 Å². The molecule has 4 rings (SSSR count). The molecule has 3 nitrogen and oxygen atoms in total. The van der Waals surface area contributed by atoms with Crippen LogP contribution in [-0.2, 0) is 0 Å². The van der Waals surface area contributed by atoms with E-state index in [2.05, 4.69) is 151 Å². The van der Waals surface area contributed by atoms with Crippen molar-refractivity contribution >= 4 is 46.0 Å². The Bertz CT molecular complexity index is 1080. The smallest absolute Gasteiger partial charge is 0.245 e. The van der Waals surface area contributed by atoms with E-state index < -0.39 is 24.7 Å². The highest BCUT2D eigenvalue weighted by molar-refractivity contribution is 7.20. The molecule has 0 fully saturated rings. The summed E-state index contributed by atoms with van der Waals surface area (Å²) in [5.74, 6) is 0. The molecule has 0 bridgehead atoms. The van der Waals surface area contributed by atoms with E-state index in [0.717, 1.165) is 0 Å². The summed E-state index contributed by atoms with van der Waals surface area (Å²) in [4.78, 5) is 0. The molecule has 0 unspecified atom stereocenters. The second-order valence-corrected chi connectivity index (χ2v) is 24.3. The second kappa shape index (κ2) is 8.93. The van der Waals surface area contributed by atoms with Gasteiger partial charge in [-0.15, -0.1) is 0 Å². The molecule has 0 aliphatic carbocycles. The van der Waals surface area contributed by atoms with Crippen LogP contribution in [0.1, 0.15) is 0 Å². The Morgan fingerprint density at radius 2 is 1.00 bits per heavy atom. The van der Waals surface area contributed by atoms with E-state index >= 15 is 0 Å². The maximum absolute atomic E-state index is 4.90. The zero-order valence-electron chi connectivity index (χ0n) is 20.7. The fourth-order valence-corrected chi connectivity index (χ4v) is 16.1. The molecule has 0 aliphatic rings. The molecule has 33 heavy (non-hydrogen) atoms. The first kappa shape index (κ1) is 23.5. The van der Waals surface area contributed by atoms with Gasteiger partial charge in [-0.05, 0) is 35.2 Å². The third-order valence-corrected chi connectivity index (χ3v) is 16.8. The van der Waals surface area contributed by atoms with Gasteiger partial charge in [0.15, 0.2) is 8.24 Å². The lowest BCUT2D eigenvalue weighted by atomic mass is 10.3. The quantitative estimate of drug-likeness (QED) is 0.275. The minimum atomic E-state index is -2.62. The third-order valence-electron chi connectivity index (χ3n) is 6.10. The molecule has 6 heteroatoms. The molecular weight excluding hydrogens is 451 g/mol. The van der Waals surface area contributed by atoms with Crippen LogP contribution in [-0.4, -0.2) is 34.2 Å². The molecule has 0 spiro atoms. The molecular formula is C27H35N3Si3. The summed E-state index contributed by atoms with van der Waals surface area (Å²) in [5, 5.41) is 9.12. The van der Waals surface area contributed by atoms with Crippen molar-refractivity contribution in [1.82, 2.24) is 9.45 Å². The summed E-state index contributed by atoms with van der Waals surface area (Å²) in [6, 6.07) is 33.5. The van der Waals surface area contributed by atoms with Crippen LogP contribution < -0.4 is 19.8 Å². The maximum atomic E-state index is 4.90. The fraction of sp³-hybridized carbons (Fsp3) is 0.222. The van der Waals surface area contributed by atoms with E-state index in [1.165, 1.54) is 21.2 Å². The van der Waals surface area contributed by atoms with E-state index in [1.54, 1.807) is 0 Å². The van der Waals surface area contributed by atoms with Crippen molar-refractivity contribution < 1.29 is 0 Å². The Kier molecular flexibility index (Phi) is 6.35. The van der Waals surface area contributed by atoms with Crippen molar-refractivity contribution in [2.75, 3.05) is 4.23 Å². The number of hydrogen-bond acceptors (Lipinski definition) is 2. The van der Waals surface area contributed by atoms with Crippen molar-refractivity contribution in [2.45, 2.75) is 39.3 Å². The molecule has 0 N–H and O–H groups in total. The van der Waals surface area contributed by atoms with Crippen LogP contribution in [0.2, 0.25) is 39.3 Å². The Balaban J connectivity index is 2.13. The van der Waals surface area contributed by atoms with Crippen molar-refractivity contribution in [1.29, 1.82) is 0 Å². The van der Waals surface area contributed by atoms with E-state index in [1.807, 2.05) is 0 Å². The number of anilines is 1. The number of hydrogen-bond donors (Lipinski definition) is 0. The van der Waals surface area contributed by atoms with E-state index in [-0.39, 0.29) is 0 Å². The minimum absolute atomic E-state index is 1.25. The molecule has 3 aromatic carbocycles. The first-order valence-electron chi connectivity index (χ1n) is 11.7. The first-order chi connectivity index (χ1) is 15.6. The molecule has 0 amide bonds. The van der Waals surface area contributed by atoms with Crippen molar-refractivity contribution in [3.8, 4) is 0 Å². The number of rotatable bonds is 7. The molecule has 0 saturated carbocycles. The monoisotopic (exact) mass is 485 g/mol. The first-order valence-corrected chi connectivity index (χ1v) is 20.5. The Morgan fingerprint density at radius 3 is 1.30 bits per heavy atom. The largest absolute Gasteiger partial charge is 0.412 e. The summed E-state index contributed by atoms with van der Waals surface area (Å²) in [5.41, 5.74) is 1.25. The van der Waals surface area contributed by atoms with Crippen LogP contribution in [0.15, 0.2) is 103 Å². The van der Waals surface area contributed by atoms with Gasteiger partial charge in [-0.25, -0.2) is 0 Å². The van der Waals surface area contributed by atoms with Gasteiger partial charge in [0.2, 0.25) is 8.24 Å². The molecule has 1 aromatic heterocycles. The summed E-state index contributed by atoms with van der Waals surface area (Å²) in [6.45, 7) is 14.4. The Hall–Kier alpha value is -2.68. The lowest BCUT2D eigenvalue weighted by Gasteiger charge is -2.51. The molecule has 4 aromatic rings. The lowest BCUT2D eigenvalue weighted by Crippen LogP contribution is -2.82. The molecule has 0 aliphatic heterocycles. The zero-order chi connectivity index (χ0) is 23.7. The average molecular weight is 486 g/mol. The predicted octanol–water partition coefficient (Wildman–Crippen LogP) is 4.87. The summed E-state index contributed by atoms with van der Waals surface area (Å²) >= 11 is 0. The standard InChI is InChI=1S/C27H35N3Si3/c1-31(2,3)29-23-24(22-28-29)30(32(4,5)6)33(25-16-10-7-11-17-25,26-18-12-8-13-19-26)27-20-14-9-15-21-27/h7-23H,1-6H3. The Labute approximate surface area is 202 Å². The van der Waals surface area contributed by atoms with Crippen LogP contribution in [0.3, 0.4) is 0 Å². The van der Waals surface area contributed by atoms with Crippen molar-refractivity contribution in [3.05, 3.63) is 103 Å². The zero-order valence-corrected chi connectivity index (χ0v) is 23.7. The average Bonchev–Trinajstić information content (AvgIpc) is 3.28. The highest BCUT2D eigenvalue weighted by Crippen LogP contribution is 2.29. The van der Waals surface area contributed by atoms with Crippen LogP contribution in [0, 0.1) is 0 Å². The molecule has 170 valence electrons. The normalized spacial score (nSPS) is 12.5. The number of nitrogens with zero attached hydrogens (tertiary/aromatic N) is 3. The fourth-order valence-electron chi connectivity index (χ4n) is 4.81. The van der Waals surface area contributed by atoms with Crippen LogP contribution in [0.25, 0.3) is 0 Å². The van der Waals surface area contributed by atoms with Gasteiger partial charge >= 0.3 is 0 Å². The molecule has 0 saturated heterocycles. The molecule has 0 radical (unpaired) electrons. The van der Waals surface area contributed by atoms with E-state index in [9.17, 15) is 0 Å². The third kappa shape index (κ3) is 4.43. The predicted molar refractivity (Wildman–Crippen MR) is 151 cm³/mol. The SMILES string of the molecule is C[Si](C)(C)N(c1cnn([Si](C)(C)C)c1)[Si](c1ccccc1)(c1ccccc1)c1ccccc1. The summed E-state index contributed by atoms with van der Waals surface area (Å²) in [7, 11) is -6.12. The van der Waals surface area contributed by atoms with Gasteiger partial charge in [0, 0.05) is 6.20 Å². The minimum Gasteiger partial charge on any atom is -0.412 e. The van der Waals surface area contributed by atoms with Gasteiger partial charge in [0.25, 0.3) is 0 Å². The van der Waals surface area contributed by atoms with Gasteiger partial charge in [0.05, 0.1) is 11.9 Å². The van der Waals surface area contributed by atoms with E-state index in [0.29, 0.717) is 0 Å². The second-order valence-electron chi connectivity index (χ2n) is 10.6. The van der Waals surface area contributed by atoms with Gasteiger partial charge < -0.3 is 4.23 Å². The lowest BCUT2D eigenvalue weighted by molar-refractivity contribution is 0.934. The van der Waals surface area contributed by atoms with Gasteiger partial charge in [-0.1, -0.05) is 111 Å².